The minimum atomic E-state index is -3.87. The van der Waals surface area contributed by atoms with Crippen LogP contribution in [0, 0.1) is 6.92 Å². The molecule has 1 aromatic rings. The summed E-state index contributed by atoms with van der Waals surface area (Å²) < 4.78 is 46.8. The van der Waals surface area contributed by atoms with Gasteiger partial charge in [0, 0.05) is 0 Å². The second-order valence-electron chi connectivity index (χ2n) is 3.04. The Balaban J connectivity index is 2.93. The van der Waals surface area contributed by atoms with E-state index < -0.39 is 20.0 Å². The second-order valence-corrected chi connectivity index (χ2v) is 6.60. The van der Waals surface area contributed by atoms with Crippen molar-refractivity contribution >= 4 is 20.0 Å². The molecule has 0 aromatic heterocycles. The van der Waals surface area contributed by atoms with Crippen molar-refractivity contribution in [2.75, 3.05) is 0 Å². The van der Waals surface area contributed by atoms with Crippen molar-refractivity contribution in [3.05, 3.63) is 23.8 Å². The van der Waals surface area contributed by atoms with Crippen LogP contribution >= 0.6 is 0 Å². The molecule has 0 saturated carbocycles. The summed E-state index contributed by atoms with van der Waals surface area (Å²) >= 11 is 0. The van der Waals surface area contributed by atoms with Gasteiger partial charge in [0.25, 0.3) is 20.0 Å². The van der Waals surface area contributed by atoms with Gasteiger partial charge in [-0.15, -0.1) is 4.13 Å². The van der Waals surface area contributed by atoms with E-state index in [1.54, 1.807) is 17.1 Å². The third-order valence-electron chi connectivity index (χ3n) is 1.90. The van der Waals surface area contributed by atoms with Gasteiger partial charge in [-0.05, 0) is 24.6 Å². The molecule has 1 heterocycles. The first-order valence-corrected chi connectivity index (χ1v) is 6.69. The highest BCUT2D eigenvalue weighted by atomic mass is 32.3. The van der Waals surface area contributed by atoms with Crippen LogP contribution in [0.15, 0.2) is 28.0 Å². The Morgan fingerprint density at radius 3 is 2.21 bits per heavy atom. The third-order valence-corrected chi connectivity index (χ3v) is 5.63. The zero-order valence-corrected chi connectivity index (χ0v) is 8.81. The van der Waals surface area contributed by atoms with Crippen molar-refractivity contribution in [3.63, 3.8) is 0 Å². The van der Waals surface area contributed by atoms with Crippen molar-refractivity contribution in [1.82, 2.24) is 4.13 Å². The zero-order chi connectivity index (χ0) is 10.6. The van der Waals surface area contributed by atoms with Crippen LogP contribution in [0.1, 0.15) is 5.56 Å². The third kappa shape index (κ3) is 1.24. The molecular weight excluding hydrogens is 226 g/mol. The monoisotopic (exact) mass is 233 g/mol. The molecule has 7 heteroatoms. The summed E-state index contributed by atoms with van der Waals surface area (Å²) in [5.41, 5.74) is 0.700. The fraction of sp³-hybridized carbons (Fsp3) is 0.143. The van der Waals surface area contributed by atoms with E-state index in [0.717, 1.165) is 0 Å². The zero-order valence-electron chi connectivity index (χ0n) is 7.18. The van der Waals surface area contributed by atoms with E-state index in [4.69, 9.17) is 0 Å². The van der Waals surface area contributed by atoms with Crippen molar-refractivity contribution in [2.45, 2.75) is 16.7 Å². The minimum absolute atomic E-state index is 0.169. The molecule has 0 radical (unpaired) electrons. The van der Waals surface area contributed by atoms with E-state index in [1.165, 1.54) is 12.1 Å². The summed E-state index contributed by atoms with van der Waals surface area (Å²) in [6.07, 6.45) is 0. The number of nitrogens with one attached hydrogen (secondary N) is 1. The van der Waals surface area contributed by atoms with Crippen LogP contribution in [-0.2, 0) is 20.0 Å². The maximum atomic E-state index is 11.3. The van der Waals surface area contributed by atoms with Crippen molar-refractivity contribution in [1.29, 1.82) is 0 Å². The van der Waals surface area contributed by atoms with Crippen LogP contribution < -0.4 is 4.13 Å². The molecule has 1 aliphatic rings. The van der Waals surface area contributed by atoms with Crippen molar-refractivity contribution in [2.24, 2.45) is 0 Å². The van der Waals surface area contributed by atoms with Crippen LogP contribution in [0.4, 0.5) is 0 Å². The highest BCUT2D eigenvalue weighted by Crippen LogP contribution is 2.28. The molecule has 0 amide bonds. The Hall–Kier alpha value is -0.920. The molecule has 76 valence electrons. The molecule has 1 N–H and O–H groups in total. The maximum absolute atomic E-state index is 11.3. The second kappa shape index (κ2) is 2.56. The standard InChI is InChI=1S/C7H7NO4S2/c1-5-2-3-6-7(4-5)14(11,12)8-13(6,9)10/h2-4,8H,1H3. The summed E-state index contributed by atoms with van der Waals surface area (Å²) in [6, 6.07) is 4.18. The molecule has 1 aliphatic heterocycles. The molecule has 5 nitrogen and oxygen atoms in total. The molecule has 0 spiro atoms. The number of aryl methyl sites for hydroxylation is 1. The van der Waals surface area contributed by atoms with Gasteiger partial charge in [-0.1, -0.05) is 6.07 Å². The summed E-state index contributed by atoms with van der Waals surface area (Å²) in [5.74, 6) is 0. The van der Waals surface area contributed by atoms with E-state index in [-0.39, 0.29) is 9.79 Å². The smallest absolute Gasteiger partial charge is 0.206 e. The number of hydrogen-bond donors (Lipinski definition) is 1. The van der Waals surface area contributed by atoms with Gasteiger partial charge in [0.1, 0.15) is 9.79 Å². The quantitative estimate of drug-likeness (QED) is 0.682. The Kier molecular flexibility index (Phi) is 1.76. The summed E-state index contributed by atoms with van der Waals surface area (Å²) in [4.78, 5) is -0.347. The SMILES string of the molecule is Cc1ccc2c(c1)S(=O)(=O)NS2(=O)=O. The highest BCUT2D eigenvalue weighted by Gasteiger charge is 2.37. The van der Waals surface area contributed by atoms with Crippen LogP contribution in [0.3, 0.4) is 0 Å². The number of sulfonamides is 2. The van der Waals surface area contributed by atoms with E-state index in [1.807, 2.05) is 0 Å². The first kappa shape index (κ1) is 9.63. The van der Waals surface area contributed by atoms with Crippen molar-refractivity contribution < 1.29 is 16.8 Å². The van der Waals surface area contributed by atoms with Gasteiger partial charge in [-0.25, -0.2) is 16.8 Å². The highest BCUT2D eigenvalue weighted by molar-refractivity contribution is 8.07. The largest absolute Gasteiger partial charge is 0.255 e. The van der Waals surface area contributed by atoms with Crippen LogP contribution in [-0.4, -0.2) is 16.8 Å². The van der Waals surface area contributed by atoms with Gasteiger partial charge in [0.15, 0.2) is 0 Å². The maximum Gasteiger partial charge on any atom is 0.255 e. The number of rotatable bonds is 0. The lowest BCUT2D eigenvalue weighted by Gasteiger charge is -1.95. The normalized spacial score (nSPS) is 21.8. The van der Waals surface area contributed by atoms with Crippen molar-refractivity contribution in [3.8, 4) is 0 Å². The molecule has 0 saturated heterocycles. The molecule has 0 bridgehead atoms. The van der Waals surface area contributed by atoms with E-state index in [2.05, 4.69) is 0 Å². The number of hydrogen-bond acceptors (Lipinski definition) is 4. The lowest BCUT2D eigenvalue weighted by Crippen LogP contribution is -2.21. The van der Waals surface area contributed by atoms with Gasteiger partial charge in [0.2, 0.25) is 0 Å². The van der Waals surface area contributed by atoms with E-state index >= 15 is 0 Å². The topological polar surface area (TPSA) is 80.3 Å². The van der Waals surface area contributed by atoms with Gasteiger partial charge in [-0.2, -0.15) is 0 Å². The van der Waals surface area contributed by atoms with E-state index in [0.29, 0.717) is 5.56 Å². The fourth-order valence-corrected chi connectivity index (χ4v) is 5.06. The summed E-state index contributed by atoms with van der Waals surface area (Å²) in [6.45, 7) is 1.70. The van der Waals surface area contributed by atoms with Gasteiger partial charge in [-0.3, -0.25) is 0 Å². The Morgan fingerprint density at radius 1 is 1.00 bits per heavy atom. The molecule has 0 fully saturated rings. The molecule has 0 atom stereocenters. The lowest BCUT2D eigenvalue weighted by molar-refractivity contribution is 0.586. The fourth-order valence-electron chi connectivity index (χ4n) is 1.28. The van der Waals surface area contributed by atoms with E-state index in [9.17, 15) is 16.8 Å². The molecule has 0 unspecified atom stereocenters. The number of benzene rings is 1. The molecule has 14 heavy (non-hydrogen) atoms. The Bertz CT molecular complexity index is 601. The molecular formula is C7H7NO4S2. The summed E-state index contributed by atoms with van der Waals surface area (Å²) in [7, 11) is -7.74. The van der Waals surface area contributed by atoms with Gasteiger partial charge < -0.3 is 0 Å². The van der Waals surface area contributed by atoms with Gasteiger partial charge >= 0.3 is 0 Å². The predicted molar refractivity (Wildman–Crippen MR) is 48.7 cm³/mol. The first-order valence-electron chi connectivity index (χ1n) is 3.72. The molecule has 0 aliphatic carbocycles. The lowest BCUT2D eigenvalue weighted by atomic mass is 10.2. The summed E-state index contributed by atoms with van der Waals surface area (Å²) in [5, 5.41) is 0. The minimum Gasteiger partial charge on any atom is -0.206 e. The number of fused-ring (bicyclic) bond motifs is 1. The van der Waals surface area contributed by atoms with Crippen LogP contribution in [0.25, 0.3) is 0 Å². The Morgan fingerprint density at radius 2 is 1.57 bits per heavy atom. The Labute approximate surface area is 81.9 Å². The average Bonchev–Trinajstić information content (AvgIpc) is 2.17. The first-order chi connectivity index (χ1) is 6.33. The average molecular weight is 233 g/mol. The molecule has 2 rings (SSSR count). The molecule has 1 aromatic carbocycles. The van der Waals surface area contributed by atoms with Crippen LogP contribution in [0.5, 0.6) is 0 Å². The predicted octanol–water partition coefficient (Wildman–Crippen LogP) is -0.0244. The van der Waals surface area contributed by atoms with Gasteiger partial charge in [0.05, 0.1) is 0 Å². The van der Waals surface area contributed by atoms with Crippen LogP contribution in [0.2, 0.25) is 0 Å².